The zero-order chi connectivity index (χ0) is 36.4. The van der Waals surface area contributed by atoms with Crippen molar-refractivity contribution in [3.05, 3.63) is 181 Å². The molecule has 258 valence electrons. The summed E-state index contributed by atoms with van der Waals surface area (Å²) in [7, 11) is 0. The Morgan fingerprint density at radius 2 is 1.30 bits per heavy atom. The highest BCUT2D eigenvalue weighted by molar-refractivity contribution is 6.22. The molecule has 0 amide bonds. The third-order valence-corrected chi connectivity index (χ3v) is 10.9. The Kier molecular flexibility index (Phi) is 7.24. The highest BCUT2D eigenvalue weighted by Gasteiger charge is 2.27. The fraction of sp³-hybridized carbons (Fsp3) is 0.0612. The van der Waals surface area contributed by atoms with Crippen LogP contribution in [0.3, 0.4) is 0 Å². The van der Waals surface area contributed by atoms with E-state index in [4.69, 9.17) is 14.4 Å². The Morgan fingerprint density at radius 1 is 0.593 bits per heavy atom. The number of pyridine rings is 1. The zero-order valence-electron chi connectivity index (χ0n) is 29.9. The number of rotatable bonds is 6. The number of aromatic nitrogens is 3. The van der Waals surface area contributed by atoms with Gasteiger partial charge in [-0.15, -0.1) is 0 Å². The number of imidazole rings is 1. The summed E-state index contributed by atoms with van der Waals surface area (Å²) < 4.78 is 8.64. The van der Waals surface area contributed by atoms with E-state index in [1.165, 1.54) is 5.56 Å². The molecule has 54 heavy (non-hydrogen) atoms. The number of hydrogen-bond donors (Lipinski definition) is 1. The molecule has 0 unspecified atom stereocenters. The van der Waals surface area contributed by atoms with E-state index < -0.39 is 0 Å². The summed E-state index contributed by atoms with van der Waals surface area (Å²) in [4.78, 5) is 10.4. The Labute approximate surface area is 312 Å². The quantitative estimate of drug-likeness (QED) is 0.188. The van der Waals surface area contributed by atoms with Crippen LogP contribution in [0.2, 0.25) is 0 Å². The van der Waals surface area contributed by atoms with E-state index in [0.29, 0.717) is 11.4 Å². The molecule has 3 heterocycles. The van der Waals surface area contributed by atoms with Gasteiger partial charge in [0, 0.05) is 33.8 Å². The summed E-state index contributed by atoms with van der Waals surface area (Å²) in [6.45, 7) is 4.56. The Hall–Kier alpha value is -6.98. The third-order valence-electron chi connectivity index (χ3n) is 10.9. The lowest BCUT2D eigenvalue weighted by Crippen LogP contribution is -2.19. The molecule has 0 spiro atoms. The lowest BCUT2D eigenvalue weighted by Gasteiger charge is -2.27. The van der Waals surface area contributed by atoms with Gasteiger partial charge in [0.25, 0.3) is 0 Å². The summed E-state index contributed by atoms with van der Waals surface area (Å²) >= 11 is 0. The molecule has 0 radical (unpaired) electrons. The maximum Gasteiger partial charge on any atom is 0.149 e. The van der Waals surface area contributed by atoms with Crippen LogP contribution in [-0.2, 0) is 5.41 Å². The fourth-order valence-corrected chi connectivity index (χ4v) is 8.02. The molecule has 0 aliphatic carbocycles. The van der Waals surface area contributed by atoms with Gasteiger partial charge in [-0.2, -0.15) is 0 Å². The second-order valence-electron chi connectivity index (χ2n) is 14.4. The summed E-state index contributed by atoms with van der Waals surface area (Å²) in [6.07, 6.45) is 1.85. The van der Waals surface area contributed by atoms with Gasteiger partial charge in [-0.25, -0.2) is 4.98 Å². The van der Waals surface area contributed by atoms with E-state index in [9.17, 15) is 5.11 Å². The van der Waals surface area contributed by atoms with E-state index >= 15 is 0 Å². The van der Waals surface area contributed by atoms with Gasteiger partial charge in [0.15, 0.2) is 0 Å². The van der Waals surface area contributed by atoms with Gasteiger partial charge in [-0.05, 0) is 82.1 Å². The van der Waals surface area contributed by atoms with Gasteiger partial charge in [-0.1, -0.05) is 123 Å². The van der Waals surface area contributed by atoms with E-state index in [1.807, 2.05) is 48.7 Å². The van der Waals surface area contributed by atoms with Crippen LogP contribution in [0.15, 0.2) is 174 Å². The first kappa shape index (κ1) is 31.7. The van der Waals surface area contributed by atoms with Crippen molar-refractivity contribution in [1.29, 1.82) is 0 Å². The number of phenolic OH excluding ortho intramolecular Hbond substituents is 1. The van der Waals surface area contributed by atoms with Crippen LogP contribution in [-0.4, -0.2) is 19.6 Å². The normalized spacial score (nSPS) is 12.0. The van der Waals surface area contributed by atoms with Gasteiger partial charge >= 0.3 is 0 Å². The molecule has 10 rings (SSSR count). The van der Waals surface area contributed by atoms with Gasteiger partial charge in [0.1, 0.15) is 22.7 Å². The smallest absolute Gasteiger partial charge is 0.149 e. The van der Waals surface area contributed by atoms with Gasteiger partial charge < -0.3 is 9.52 Å². The summed E-state index contributed by atoms with van der Waals surface area (Å²) in [6, 6.07) is 56.0. The SMILES string of the molecule is CC(C)(c1ccccc1)c1cc(-c2cccc3c2nc(-c2ccccc2O)n3-c2ccccc2)cc(-c2nccc3oc4ccc5ccccc5c4c23)c1. The minimum absolute atomic E-state index is 0.180. The number of fused-ring (bicyclic) bond motifs is 6. The Balaban J connectivity index is 1.28. The first-order valence-electron chi connectivity index (χ1n) is 18.2. The molecule has 7 aromatic carbocycles. The molecule has 0 aliphatic heterocycles. The molecule has 0 aliphatic rings. The maximum absolute atomic E-state index is 11.1. The monoisotopic (exact) mass is 697 g/mol. The maximum atomic E-state index is 11.1. The van der Waals surface area contributed by atoms with E-state index in [2.05, 4.69) is 134 Å². The zero-order valence-corrected chi connectivity index (χ0v) is 29.9. The molecule has 1 N–H and O–H groups in total. The van der Waals surface area contributed by atoms with Crippen molar-refractivity contribution in [3.8, 4) is 45.2 Å². The first-order valence-corrected chi connectivity index (χ1v) is 18.2. The van der Waals surface area contributed by atoms with Gasteiger partial charge in [-0.3, -0.25) is 9.55 Å². The van der Waals surface area contributed by atoms with Crippen LogP contribution in [0.1, 0.15) is 25.0 Å². The molecule has 5 nitrogen and oxygen atoms in total. The predicted octanol–water partition coefficient (Wildman–Crippen LogP) is 12.5. The minimum Gasteiger partial charge on any atom is -0.507 e. The van der Waals surface area contributed by atoms with Crippen LogP contribution >= 0.6 is 0 Å². The van der Waals surface area contributed by atoms with Gasteiger partial charge in [0.2, 0.25) is 0 Å². The average Bonchev–Trinajstić information content (AvgIpc) is 3.81. The van der Waals surface area contributed by atoms with E-state index in [-0.39, 0.29) is 11.2 Å². The predicted molar refractivity (Wildman–Crippen MR) is 220 cm³/mol. The summed E-state index contributed by atoms with van der Waals surface area (Å²) in [5, 5.41) is 15.4. The largest absolute Gasteiger partial charge is 0.507 e. The van der Waals surface area contributed by atoms with E-state index in [0.717, 1.165) is 77.4 Å². The molecule has 0 atom stereocenters. The van der Waals surface area contributed by atoms with Crippen LogP contribution in [0.4, 0.5) is 0 Å². The lowest BCUT2D eigenvalue weighted by molar-refractivity contribution is 0.477. The van der Waals surface area contributed by atoms with Crippen molar-refractivity contribution in [2.45, 2.75) is 19.3 Å². The second-order valence-corrected chi connectivity index (χ2v) is 14.4. The van der Waals surface area contributed by atoms with Crippen LogP contribution < -0.4 is 0 Å². The van der Waals surface area contributed by atoms with Crippen molar-refractivity contribution in [2.24, 2.45) is 0 Å². The second kappa shape index (κ2) is 12.3. The molecule has 5 heteroatoms. The topological polar surface area (TPSA) is 64.1 Å². The van der Waals surface area contributed by atoms with Crippen molar-refractivity contribution < 1.29 is 9.52 Å². The number of para-hydroxylation sites is 3. The minimum atomic E-state index is -0.344. The molecule has 0 bridgehead atoms. The molecule has 3 aromatic heterocycles. The number of benzene rings is 7. The highest BCUT2D eigenvalue weighted by Crippen LogP contribution is 2.44. The number of furan rings is 1. The van der Waals surface area contributed by atoms with Crippen LogP contribution in [0, 0.1) is 0 Å². The van der Waals surface area contributed by atoms with Crippen molar-refractivity contribution in [3.63, 3.8) is 0 Å². The highest BCUT2D eigenvalue weighted by atomic mass is 16.3. The van der Waals surface area contributed by atoms with Crippen molar-refractivity contribution in [2.75, 3.05) is 0 Å². The standard InChI is InChI=1S/C49H35N3O2/c1-49(2,34-15-5-3-6-16-34)35-29-32(28-33(30-35)46-45-43(26-27-50-46)54-42-25-24-31-14-9-10-19-37(31)44(42)45)38-21-13-22-40-47(38)51-48(39-20-11-12-23-41(39)53)52(40)36-17-7-4-8-18-36/h3-30,53H,1-2H3. The first-order chi connectivity index (χ1) is 26.5. The lowest BCUT2D eigenvalue weighted by atomic mass is 9.76. The average molecular weight is 698 g/mol. The van der Waals surface area contributed by atoms with Crippen LogP contribution in [0.25, 0.3) is 83.2 Å². The van der Waals surface area contributed by atoms with Gasteiger partial charge in [0.05, 0.1) is 27.7 Å². The molecule has 10 aromatic rings. The van der Waals surface area contributed by atoms with Crippen LogP contribution in [0.5, 0.6) is 5.75 Å². The third kappa shape index (κ3) is 5.01. The van der Waals surface area contributed by atoms with E-state index in [1.54, 1.807) is 6.07 Å². The number of nitrogens with zero attached hydrogens (tertiary/aromatic N) is 3. The van der Waals surface area contributed by atoms with Crippen molar-refractivity contribution >= 4 is 43.7 Å². The number of hydrogen-bond acceptors (Lipinski definition) is 4. The number of phenols is 1. The fourth-order valence-electron chi connectivity index (χ4n) is 8.02. The molecular weight excluding hydrogens is 663 g/mol. The molecule has 0 saturated carbocycles. The Morgan fingerprint density at radius 3 is 2.13 bits per heavy atom. The molecule has 0 fully saturated rings. The Bertz CT molecular complexity index is 3030. The van der Waals surface area contributed by atoms with Crippen molar-refractivity contribution in [1.82, 2.24) is 14.5 Å². The molecule has 0 saturated heterocycles. The molecular formula is C49H35N3O2. The number of aromatic hydroxyl groups is 1. The summed E-state index contributed by atoms with van der Waals surface area (Å²) in [5.74, 6) is 0.852. The summed E-state index contributed by atoms with van der Waals surface area (Å²) in [5.41, 5.74) is 10.9.